The number of benzene rings is 1. The molecular formula is C25H30FN9O2. The van der Waals surface area contributed by atoms with E-state index in [0.29, 0.717) is 11.6 Å². The molecule has 1 aromatic carbocycles. The number of aliphatic hydroxyl groups is 1. The van der Waals surface area contributed by atoms with Gasteiger partial charge >= 0.3 is 0 Å². The van der Waals surface area contributed by atoms with Crippen LogP contribution in [0.5, 0.6) is 0 Å². The third kappa shape index (κ3) is 5.49. The van der Waals surface area contributed by atoms with Crippen molar-refractivity contribution in [2.75, 3.05) is 5.32 Å². The molecule has 3 aromatic heterocycles. The summed E-state index contributed by atoms with van der Waals surface area (Å²) in [7, 11) is 1.81. The Balaban J connectivity index is 1.40. The number of nitrogens with one attached hydrogen (secondary N) is 2. The topological polar surface area (TPSA) is 140 Å². The van der Waals surface area contributed by atoms with Crippen molar-refractivity contribution in [1.82, 2.24) is 40.2 Å². The molecule has 0 amide bonds. The molecule has 0 spiro atoms. The molecule has 194 valence electrons. The zero-order valence-corrected chi connectivity index (χ0v) is 21.2. The summed E-state index contributed by atoms with van der Waals surface area (Å²) < 4.78 is 22.4. The van der Waals surface area contributed by atoms with Gasteiger partial charge in [-0.25, -0.2) is 14.4 Å². The van der Waals surface area contributed by atoms with E-state index in [1.165, 1.54) is 12.4 Å². The second-order valence-electron chi connectivity index (χ2n) is 10.2. The van der Waals surface area contributed by atoms with Gasteiger partial charge < -0.3 is 14.9 Å². The van der Waals surface area contributed by atoms with Crippen molar-refractivity contribution in [2.45, 2.75) is 64.1 Å². The van der Waals surface area contributed by atoms with Crippen LogP contribution >= 0.6 is 0 Å². The molecule has 4 aromatic rings. The number of aryl methyl sites for hydroxylation is 2. The minimum atomic E-state index is -1.17. The highest BCUT2D eigenvalue weighted by Crippen LogP contribution is 2.34. The van der Waals surface area contributed by atoms with E-state index in [1.807, 2.05) is 20.8 Å². The molecule has 0 fully saturated rings. The van der Waals surface area contributed by atoms with Gasteiger partial charge in [-0.2, -0.15) is 15.1 Å². The first-order valence-corrected chi connectivity index (χ1v) is 12.2. The molecule has 3 heterocycles. The second kappa shape index (κ2) is 9.94. The van der Waals surface area contributed by atoms with Crippen molar-refractivity contribution in [3.8, 4) is 11.4 Å². The Labute approximate surface area is 213 Å². The van der Waals surface area contributed by atoms with Crippen LogP contribution in [-0.4, -0.2) is 40.0 Å². The van der Waals surface area contributed by atoms with Crippen LogP contribution in [-0.2, 0) is 18.9 Å². The maximum atomic E-state index is 15.5. The lowest BCUT2D eigenvalue weighted by atomic mass is 9.95. The first-order valence-electron chi connectivity index (χ1n) is 12.2. The smallest absolute Gasteiger partial charge is 0.270 e. The van der Waals surface area contributed by atoms with Crippen LogP contribution in [0.4, 0.5) is 16.2 Å². The molecule has 0 aliphatic heterocycles. The van der Waals surface area contributed by atoms with Gasteiger partial charge in [-0.1, -0.05) is 32.3 Å². The summed E-state index contributed by atoms with van der Waals surface area (Å²) in [5.41, 5.74) is 1.74. The minimum absolute atomic E-state index is 0.0888. The highest BCUT2D eigenvalue weighted by Gasteiger charge is 2.28. The van der Waals surface area contributed by atoms with Gasteiger partial charge in [-0.3, -0.25) is 10.00 Å². The lowest BCUT2D eigenvalue weighted by Crippen LogP contribution is -2.27. The zero-order valence-electron chi connectivity index (χ0n) is 21.2. The van der Waals surface area contributed by atoms with E-state index in [9.17, 15) is 5.11 Å². The first kappa shape index (κ1) is 24.9. The fraction of sp³-hybridized carbons (Fsp3) is 0.440. The van der Waals surface area contributed by atoms with Crippen LogP contribution in [0.3, 0.4) is 0 Å². The van der Waals surface area contributed by atoms with Gasteiger partial charge in [-0.15, -0.1) is 0 Å². The average molecular weight is 508 g/mol. The maximum Gasteiger partial charge on any atom is 0.270 e. The Morgan fingerprint density at radius 1 is 1.19 bits per heavy atom. The van der Waals surface area contributed by atoms with Crippen LogP contribution in [0.15, 0.2) is 35.2 Å². The third-order valence-corrected chi connectivity index (χ3v) is 6.26. The lowest BCUT2D eigenvalue weighted by molar-refractivity contribution is 0.0850. The first-order chi connectivity index (χ1) is 17.7. The second-order valence-corrected chi connectivity index (χ2v) is 10.2. The highest BCUT2D eigenvalue weighted by atomic mass is 19.1. The highest BCUT2D eigenvalue weighted by molar-refractivity contribution is 5.61. The van der Waals surface area contributed by atoms with Gasteiger partial charge in [0.05, 0.1) is 5.56 Å². The van der Waals surface area contributed by atoms with Gasteiger partial charge in [0.25, 0.3) is 5.89 Å². The van der Waals surface area contributed by atoms with E-state index in [4.69, 9.17) is 4.52 Å². The summed E-state index contributed by atoms with van der Waals surface area (Å²) in [6.45, 7) is 5.90. The van der Waals surface area contributed by atoms with E-state index >= 15 is 4.39 Å². The van der Waals surface area contributed by atoms with Gasteiger partial charge in [-0.05, 0) is 42.5 Å². The number of aromatic nitrogens is 7. The van der Waals surface area contributed by atoms with Gasteiger partial charge in [0.15, 0.2) is 23.7 Å². The summed E-state index contributed by atoms with van der Waals surface area (Å²) >= 11 is 0. The summed E-state index contributed by atoms with van der Waals surface area (Å²) in [5.74, 6) is 1.22. The number of rotatable bonds is 6. The molecule has 5 rings (SSSR count). The zero-order chi connectivity index (χ0) is 26.2. The normalized spacial score (nSPS) is 16.8. The van der Waals surface area contributed by atoms with Crippen LogP contribution in [0.2, 0.25) is 0 Å². The molecule has 0 saturated carbocycles. The maximum absolute atomic E-state index is 15.5. The van der Waals surface area contributed by atoms with Crippen LogP contribution in [0, 0.1) is 5.82 Å². The molecule has 3 N–H and O–H groups in total. The number of aliphatic hydroxyl groups excluding tert-OH is 1. The summed E-state index contributed by atoms with van der Waals surface area (Å²) in [4.78, 5) is 17.1. The predicted molar refractivity (Wildman–Crippen MR) is 133 cm³/mol. The van der Waals surface area contributed by atoms with E-state index in [2.05, 4.69) is 40.8 Å². The lowest BCUT2D eigenvalue weighted by Gasteiger charge is -2.22. The molecular weight excluding hydrogens is 477 g/mol. The van der Waals surface area contributed by atoms with Gasteiger partial charge in [0.2, 0.25) is 5.95 Å². The van der Waals surface area contributed by atoms with E-state index in [1.54, 1.807) is 30.1 Å². The number of anilines is 2. The largest absolute Gasteiger partial charge is 0.370 e. The van der Waals surface area contributed by atoms with Crippen LogP contribution in [0.1, 0.15) is 75.1 Å². The number of hydrogen-bond donors (Lipinski definition) is 3. The Bertz CT molecular complexity index is 1400. The summed E-state index contributed by atoms with van der Waals surface area (Å²) in [6, 6.07) is 4.79. The van der Waals surface area contributed by atoms with Crippen LogP contribution < -0.4 is 10.6 Å². The summed E-state index contributed by atoms with van der Waals surface area (Å²) in [5, 5.41) is 25.2. The molecule has 0 saturated heterocycles. The van der Waals surface area contributed by atoms with Crippen molar-refractivity contribution in [3.63, 3.8) is 0 Å². The Morgan fingerprint density at radius 3 is 2.76 bits per heavy atom. The average Bonchev–Trinajstić information content (AvgIpc) is 3.47. The predicted octanol–water partition coefficient (Wildman–Crippen LogP) is 3.88. The molecule has 0 bridgehead atoms. The molecule has 2 atom stereocenters. The number of fused-ring (bicyclic) bond motifs is 1. The molecule has 1 aliphatic carbocycles. The van der Waals surface area contributed by atoms with Crippen molar-refractivity contribution in [1.29, 1.82) is 0 Å². The van der Waals surface area contributed by atoms with Crippen molar-refractivity contribution >= 4 is 11.8 Å². The molecule has 37 heavy (non-hydrogen) atoms. The fourth-order valence-corrected chi connectivity index (χ4v) is 4.33. The Hall–Kier alpha value is -3.77. The minimum Gasteiger partial charge on any atom is -0.370 e. The van der Waals surface area contributed by atoms with E-state index < -0.39 is 12.0 Å². The van der Waals surface area contributed by atoms with Gasteiger partial charge in [0, 0.05) is 30.8 Å². The Kier molecular flexibility index (Phi) is 6.69. The number of hydrogen-bond acceptors (Lipinski definition) is 10. The quantitative estimate of drug-likeness (QED) is 0.260. The van der Waals surface area contributed by atoms with Gasteiger partial charge in [0.1, 0.15) is 12.1 Å². The third-order valence-electron chi connectivity index (χ3n) is 6.26. The standard InChI is InChI=1S/C25H30FN9O2/c1-25(2,3)23-32-22(37-34-23)21(36)29-18-8-6-5-7-14-11-16(17(26)12-15(14)18)20-27-13-28-24(31-20)30-19-9-10-35(4)33-19/h9-13,18,21,29,36H,5-8H2,1-4H3,(H,27,28,30,31,33)/t18-,21?/m1/s1. The number of nitrogens with zero attached hydrogens (tertiary/aromatic N) is 7. The fourth-order valence-electron chi connectivity index (χ4n) is 4.33. The Morgan fingerprint density at radius 2 is 2.03 bits per heavy atom. The molecule has 1 aliphatic rings. The van der Waals surface area contributed by atoms with Crippen molar-refractivity contribution < 1.29 is 14.0 Å². The molecule has 1 unspecified atom stereocenters. The number of halogens is 1. The molecule has 11 nitrogen and oxygen atoms in total. The summed E-state index contributed by atoms with van der Waals surface area (Å²) in [6.07, 6.45) is 5.31. The van der Waals surface area contributed by atoms with E-state index in [0.717, 1.165) is 36.8 Å². The van der Waals surface area contributed by atoms with Crippen molar-refractivity contribution in [3.05, 3.63) is 59.4 Å². The molecule has 0 radical (unpaired) electrons. The SMILES string of the molecule is Cn1ccc(Nc2ncnc(-c3cc4c(cc3F)[C@H](NC(O)c3nc(C(C)(C)C)no3)CCCC4)n2)n1. The van der Waals surface area contributed by atoms with Crippen molar-refractivity contribution in [2.24, 2.45) is 7.05 Å². The van der Waals surface area contributed by atoms with E-state index in [-0.39, 0.29) is 34.7 Å². The monoisotopic (exact) mass is 507 g/mol. The van der Waals surface area contributed by atoms with Crippen LogP contribution in [0.25, 0.3) is 11.4 Å². The molecule has 12 heteroatoms.